The first-order chi connectivity index (χ1) is 19.1. The van der Waals surface area contributed by atoms with Crippen LogP contribution in [0.25, 0.3) is 5.69 Å². The zero-order valence-electron chi connectivity index (χ0n) is 20.9. The summed E-state index contributed by atoms with van der Waals surface area (Å²) >= 11 is 3.50. The van der Waals surface area contributed by atoms with Crippen molar-refractivity contribution in [1.82, 2.24) is 9.78 Å². The number of para-hydroxylation sites is 3. The van der Waals surface area contributed by atoms with Gasteiger partial charge in [-0.25, -0.2) is 19.1 Å². The van der Waals surface area contributed by atoms with E-state index in [1.165, 1.54) is 6.07 Å². The van der Waals surface area contributed by atoms with E-state index in [4.69, 9.17) is 15.1 Å². The Morgan fingerprint density at radius 1 is 0.821 bits per heavy atom. The van der Waals surface area contributed by atoms with Crippen molar-refractivity contribution >= 4 is 50.5 Å². The van der Waals surface area contributed by atoms with E-state index in [-0.39, 0.29) is 5.82 Å². The number of halogens is 2. The molecule has 2 aliphatic heterocycles. The summed E-state index contributed by atoms with van der Waals surface area (Å²) in [5.74, 6) is 1.53. The summed E-state index contributed by atoms with van der Waals surface area (Å²) in [6.45, 7) is 1.96. The van der Waals surface area contributed by atoms with Crippen molar-refractivity contribution < 1.29 is 4.39 Å². The first-order valence-corrected chi connectivity index (χ1v) is 13.4. The molecule has 0 saturated heterocycles. The lowest BCUT2D eigenvalue weighted by molar-refractivity contribution is 0.597. The predicted octanol–water partition coefficient (Wildman–Crippen LogP) is 7.88. The molecule has 5 aromatic rings. The molecule has 0 saturated carbocycles. The fraction of sp³-hybridized carbons (Fsp3) is 0.0645. The van der Waals surface area contributed by atoms with Gasteiger partial charge in [0.1, 0.15) is 5.82 Å². The topological polar surface area (TPSA) is 57.8 Å². The monoisotopic (exact) mass is 576 g/mol. The number of benzene rings is 4. The van der Waals surface area contributed by atoms with Gasteiger partial charge in [-0.1, -0.05) is 64.5 Å². The molecule has 8 heteroatoms. The quantitative estimate of drug-likeness (QED) is 0.237. The van der Waals surface area contributed by atoms with Gasteiger partial charge in [-0.2, -0.15) is 5.10 Å². The molecule has 1 N–H and O–H groups in total. The lowest BCUT2D eigenvalue weighted by Crippen LogP contribution is -2.46. The third kappa shape index (κ3) is 3.95. The van der Waals surface area contributed by atoms with Crippen LogP contribution >= 0.6 is 15.9 Å². The van der Waals surface area contributed by atoms with Gasteiger partial charge in [-0.3, -0.25) is 0 Å². The van der Waals surface area contributed by atoms with E-state index in [2.05, 4.69) is 26.1 Å². The van der Waals surface area contributed by atoms with Gasteiger partial charge in [0, 0.05) is 21.3 Å². The lowest BCUT2D eigenvalue weighted by Gasteiger charge is -2.40. The first kappa shape index (κ1) is 23.5. The predicted molar refractivity (Wildman–Crippen MR) is 157 cm³/mol. The number of nitrogens with zero attached hydrogens (tertiary/aromatic N) is 5. The van der Waals surface area contributed by atoms with Crippen LogP contribution in [0.1, 0.15) is 22.9 Å². The Bertz CT molecular complexity index is 1780. The Labute approximate surface area is 233 Å². The van der Waals surface area contributed by atoms with Gasteiger partial charge in [0.25, 0.3) is 0 Å². The van der Waals surface area contributed by atoms with Gasteiger partial charge in [0.2, 0.25) is 0 Å². The summed E-state index contributed by atoms with van der Waals surface area (Å²) in [4.78, 5) is 12.2. The van der Waals surface area contributed by atoms with Crippen LogP contribution in [0.15, 0.2) is 118 Å². The molecule has 0 bridgehead atoms. The van der Waals surface area contributed by atoms with E-state index in [9.17, 15) is 0 Å². The second-order valence-electron chi connectivity index (χ2n) is 9.38. The van der Waals surface area contributed by atoms with Gasteiger partial charge in [0.15, 0.2) is 17.5 Å². The highest BCUT2D eigenvalue weighted by atomic mass is 79.9. The van der Waals surface area contributed by atoms with Gasteiger partial charge in [-0.05, 0) is 61.5 Å². The molecule has 7 rings (SSSR count). The number of fused-ring (bicyclic) bond motifs is 4. The third-order valence-electron chi connectivity index (χ3n) is 6.95. The third-order valence-corrected chi connectivity index (χ3v) is 7.47. The number of nitrogens with one attached hydrogen (secondary N) is 1. The zero-order chi connectivity index (χ0) is 26.5. The Morgan fingerprint density at radius 2 is 1.54 bits per heavy atom. The standard InChI is InChI=1S/C31H22BrFN6/c1-19-27-28(23-11-5-6-12-24(23)33)38-26-14-8-7-13-25(26)35-29(34-21-17-15-20(32)16-18-21)31(38)36-30(27)39(37-19)22-9-3-2-4-10-22/h2-18,28H,1H3,(H,34,35). The minimum atomic E-state index is -0.510. The van der Waals surface area contributed by atoms with E-state index < -0.39 is 6.04 Å². The highest BCUT2D eigenvalue weighted by Crippen LogP contribution is 2.48. The molecule has 0 aliphatic carbocycles. The summed E-state index contributed by atoms with van der Waals surface area (Å²) < 4.78 is 18.4. The normalized spacial score (nSPS) is 15.6. The largest absolute Gasteiger partial charge is 0.337 e. The molecule has 1 unspecified atom stereocenters. The molecule has 0 amide bonds. The van der Waals surface area contributed by atoms with Crippen molar-refractivity contribution in [3.05, 3.63) is 130 Å². The van der Waals surface area contributed by atoms with Crippen molar-refractivity contribution in [3.8, 4) is 5.69 Å². The Kier molecular flexibility index (Phi) is 5.63. The van der Waals surface area contributed by atoms with Crippen LogP contribution < -0.4 is 10.2 Å². The second-order valence-corrected chi connectivity index (χ2v) is 10.3. The van der Waals surface area contributed by atoms with Crippen LogP contribution in [0, 0.1) is 12.7 Å². The van der Waals surface area contributed by atoms with Gasteiger partial charge in [0.05, 0.1) is 28.8 Å². The maximum absolute atomic E-state index is 15.6. The molecule has 3 heterocycles. The van der Waals surface area contributed by atoms with Gasteiger partial charge >= 0.3 is 0 Å². The first-order valence-electron chi connectivity index (χ1n) is 12.6. The highest BCUT2D eigenvalue weighted by molar-refractivity contribution is 9.10. The molecule has 0 spiro atoms. The molecule has 1 aromatic heterocycles. The van der Waals surface area contributed by atoms with Gasteiger partial charge < -0.3 is 10.2 Å². The average molecular weight is 577 g/mol. The number of aromatic nitrogens is 2. The fourth-order valence-electron chi connectivity index (χ4n) is 5.21. The number of hydrogen-bond acceptors (Lipinski definition) is 5. The summed E-state index contributed by atoms with van der Waals surface area (Å²) in [6.07, 6.45) is 0. The van der Waals surface area contributed by atoms with E-state index in [0.717, 1.165) is 38.5 Å². The van der Waals surface area contributed by atoms with Crippen molar-refractivity contribution in [1.29, 1.82) is 0 Å². The maximum Gasteiger partial charge on any atom is 0.179 e. The minimum absolute atomic E-state index is 0.288. The van der Waals surface area contributed by atoms with E-state index in [0.29, 0.717) is 23.1 Å². The summed E-state index contributed by atoms with van der Waals surface area (Å²) in [6, 6.07) is 32.0. The molecule has 39 heavy (non-hydrogen) atoms. The molecular weight excluding hydrogens is 555 g/mol. The smallest absolute Gasteiger partial charge is 0.179 e. The Morgan fingerprint density at radius 3 is 2.33 bits per heavy atom. The summed E-state index contributed by atoms with van der Waals surface area (Å²) in [5.41, 5.74) is 5.54. The second kappa shape index (κ2) is 9.32. The molecule has 6 nitrogen and oxygen atoms in total. The van der Waals surface area contributed by atoms with E-state index in [1.807, 2.05) is 103 Å². The SMILES string of the molecule is Cc1nn(-c2ccccc2)c2c1C(c1ccccc1F)N1C(=N2)C(Nc2ccc(Br)cc2)=Nc2ccccc21. The highest BCUT2D eigenvalue weighted by Gasteiger charge is 2.42. The average Bonchev–Trinajstić information content (AvgIpc) is 3.30. The molecule has 1 atom stereocenters. The van der Waals surface area contributed by atoms with Crippen LogP contribution in [-0.4, -0.2) is 21.5 Å². The fourth-order valence-corrected chi connectivity index (χ4v) is 5.47. The lowest BCUT2D eigenvalue weighted by atomic mass is 9.93. The van der Waals surface area contributed by atoms with Crippen molar-refractivity contribution in [2.45, 2.75) is 13.0 Å². The molecule has 2 aliphatic rings. The van der Waals surface area contributed by atoms with E-state index in [1.54, 1.807) is 6.07 Å². The summed E-state index contributed by atoms with van der Waals surface area (Å²) in [5, 5.41) is 8.36. The molecule has 0 fully saturated rings. The van der Waals surface area contributed by atoms with Crippen LogP contribution in [0.4, 0.5) is 27.3 Å². The zero-order valence-corrected chi connectivity index (χ0v) is 22.5. The molecule has 190 valence electrons. The van der Waals surface area contributed by atoms with Crippen LogP contribution in [-0.2, 0) is 0 Å². The van der Waals surface area contributed by atoms with Crippen LogP contribution in [0.5, 0.6) is 0 Å². The number of aliphatic imine (C=N–C) groups is 2. The number of hydrogen-bond donors (Lipinski definition) is 1. The molecule has 4 aromatic carbocycles. The van der Waals surface area contributed by atoms with Gasteiger partial charge in [-0.15, -0.1) is 0 Å². The number of amidine groups is 2. The summed E-state index contributed by atoms with van der Waals surface area (Å²) in [7, 11) is 0. The van der Waals surface area contributed by atoms with Crippen molar-refractivity contribution in [2.24, 2.45) is 9.98 Å². The van der Waals surface area contributed by atoms with Crippen LogP contribution in [0.3, 0.4) is 0 Å². The van der Waals surface area contributed by atoms with Crippen molar-refractivity contribution in [3.63, 3.8) is 0 Å². The Hall–Kier alpha value is -4.56. The Balaban J connectivity index is 1.51. The maximum atomic E-state index is 15.6. The number of rotatable bonds is 3. The van der Waals surface area contributed by atoms with Crippen LogP contribution in [0.2, 0.25) is 0 Å². The number of aryl methyl sites for hydroxylation is 1. The number of anilines is 2. The molecule has 0 radical (unpaired) electrons. The molecular formula is C31H22BrFN6. The van der Waals surface area contributed by atoms with E-state index >= 15 is 4.39 Å². The van der Waals surface area contributed by atoms with Crippen molar-refractivity contribution in [2.75, 3.05) is 10.2 Å². The minimum Gasteiger partial charge on any atom is -0.337 e.